The molecular weight excluding hydrogens is 358 g/mol. The van der Waals surface area contributed by atoms with E-state index in [1.807, 2.05) is 55.5 Å². The van der Waals surface area contributed by atoms with Crippen LogP contribution in [-0.4, -0.2) is 35.6 Å². The highest BCUT2D eigenvalue weighted by Gasteiger charge is 2.32. The third-order valence-corrected chi connectivity index (χ3v) is 5.29. The summed E-state index contributed by atoms with van der Waals surface area (Å²) in [4.78, 5) is 35.6. The van der Waals surface area contributed by atoms with E-state index in [0.29, 0.717) is 6.42 Å². The van der Waals surface area contributed by atoms with Crippen molar-refractivity contribution in [3.05, 3.63) is 59.7 Å². The predicted octanol–water partition coefficient (Wildman–Crippen LogP) is 2.96. The van der Waals surface area contributed by atoms with Gasteiger partial charge in [-0.05, 0) is 28.2 Å². The number of benzene rings is 2. The summed E-state index contributed by atoms with van der Waals surface area (Å²) in [6.45, 7) is 3.54. The highest BCUT2D eigenvalue weighted by atomic mass is 16.5. The first-order valence-corrected chi connectivity index (χ1v) is 9.32. The average Bonchev–Trinajstić information content (AvgIpc) is 3.03. The van der Waals surface area contributed by atoms with E-state index in [4.69, 9.17) is 4.74 Å². The van der Waals surface area contributed by atoms with Crippen molar-refractivity contribution in [3.63, 3.8) is 0 Å². The van der Waals surface area contributed by atoms with Gasteiger partial charge in [-0.1, -0.05) is 68.8 Å². The Morgan fingerprint density at radius 2 is 1.57 bits per heavy atom. The lowest BCUT2D eigenvalue weighted by molar-refractivity contribution is -0.156. The van der Waals surface area contributed by atoms with Crippen LogP contribution in [0.15, 0.2) is 48.5 Å². The van der Waals surface area contributed by atoms with Crippen LogP contribution >= 0.6 is 0 Å². The van der Waals surface area contributed by atoms with E-state index in [2.05, 4.69) is 5.32 Å². The molecule has 0 heterocycles. The van der Waals surface area contributed by atoms with Crippen molar-refractivity contribution in [3.8, 4) is 11.1 Å². The van der Waals surface area contributed by atoms with Crippen molar-refractivity contribution in [2.45, 2.75) is 32.2 Å². The summed E-state index contributed by atoms with van der Waals surface area (Å²) in [5.74, 6) is -3.74. The number of fused-ring (bicyclic) bond motifs is 3. The molecule has 2 aromatic carbocycles. The fourth-order valence-electron chi connectivity index (χ4n) is 3.55. The highest BCUT2D eigenvalue weighted by molar-refractivity contribution is 6.32. The molecule has 6 heteroatoms. The summed E-state index contributed by atoms with van der Waals surface area (Å²) in [6.07, 6.45) is 0.557. The summed E-state index contributed by atoms with van der Waals surface area (Å²) in [7, 11) is 0. The number of carbonyl (C=O) groups is 3. The number of nitrogens with one attached hydrogen (secondary N) is 1. The zero-order valence-corrected chi connectivity index (χ0v) is 15.8. The van der Waals surface area contributed by atoms with Gasteiger partial charge >= 0.3 is 17.8 Å². The van der Waals surface area contributed by atoms with E-state index in [1.165, 1.54) is 0 Å². The van der Waals surface area contributed by atoms with Crippen LogP contribution in [0.5, 0.6) is 0 Å². The summed E-state index contributed by atoms with van der Waals surface area (Å²) in [5, 5.41) is 11.5. The van der Waals surface area contributed by atoms with Gasteiger partial charge in [-0.15, -0.1) is 0 Å². The van der Waals surface area contributed by atoms with Gasteiger partial charge in [0.25, 0.3) is 0 Å². The van der Waals surface area contributed by atoms with Crippen LogP contribution in [-0.2, 0) is 19.1 Å². The van der Waals surface area contributed by atoms with Gasteiger partial charge < -0.3 is 15.2 Å². The molecule has 2 atom stereocenters. The zero-order chi connectivity index (χ0) is 20.3. The van der Waals surface area contributed by atoms with Crippen molar-refractivity contribution in [1.29, 1.82) is 0 Å². The Bertz CT molecular complexity index is 862. The number of aliphatic carboxylic acids is 1. The Labute approximate surface area is 163 Å². The van der Waals surface area contributed by atoms with Gasteiger partial charge in [0.1, 0.15) is 12.6 Å². The molecule has 28 heavy (non-hydrogen) atoms. The number of carboxylic acid groups (broad SMARTS) is 1. The molecule has 0 aliphatic heterocycles. The molecular formula is C22H23NO5. The smallest absolute Gasteiger partial charge is 0.396 e. The number of carboxylic acids is 1. The summed E-state index contributed by atoms with van der Waals surface area (Å²) in [5.41, 5.74) is 4.26. The number of carbonyl (C=O) groups excluding carboxylic acids is 2. The van der Waals surface area contributed by atoms with Gasteiger partial charge in [-0.3, -0.25) is 4.79 Å². The molecule has 0 saturated heterocycles. The largest absolute Gasteiger partial charge is 0.480 e. The molecule has 0 fully saturated rings. The molecule has 146 valence electrons. The highest BCUT2D eigenvalue weighted by Crippen LogP contribution is 2.44. The molecule has 0 radical (unpaired) electrons. The van der Waals surface area contributed by atoms with Crippen LogP contribution in [0.3, 0.4) is 0 Å². The lowest BCUT2D eigenvalue weighted by Gasteiger charge is -2.20. The second-order valence-corrected chi connectivity index (χ2v) is 7.00. The Morgan fingerprint density at radius 1 is 1.04 bits per heavy atom. The van der Waals surface area contributed by atoms with Crippen LogP contribution < -0.4 is 5.32 Å². The second-order valence-electron chi connectivity index (χ2n) is 7.00. The van der Waals surface area contributed by atoms with E-state index in [9.17, 15) is 19.5 Å². The number of rotatable bonds is 6. The van der Waals surface area contributed by atoms with Crippen molar-refractivity contribution in [2.75, 3.05) is 6.61 Å². The van der Waals surface area contributed by atoms with E-state index < -0.39 is 23.9 Å². The first-order valence-electron chi connectivity index (χ1n) is 9.32. The minimum atomic E-state index is -1.17. The lowest BCUT2D eigenvalue weighted by Crippen LogP contribution is -2.48. The van der Waals surface area contributed by atoms with Gasteiger partial charge in [0, 0.05) is 5.92 Å². The molecule has 0 unspecified atom stereocenters. The minimum Gasteiger partial charge on any atom is -0.480 e. The average molecular weight is 381 g/mol. The molecule has 6 nitrogen and oxygen atoms in total. The van der Waals surface area contributed by atoms with Crippen molar-refractivity contribution < 1.29 is 24.2 Å². The molecule has 3 rings (SSSR count). The van der Waals surface area contributed by atoms with Crippen molar-refractivity contribution in [1.82, 2.24) is 5.32 Å². The maximum atomic E-state index is 12.2. The quantitative estimate of drug-likeness (QED) is 0.593. The molecule has 0 aromatic heterocycles. The number of ether oxygens (including phenoxy) is 1. The SMILES string of the molecule is CC[C@H](C)[C@H](NC(=O)C(=O)OCC1c2ccccc2-c2ccccc21)C(=O)O. The molecule has 2 N–H and O–H groups in total. The normalized spacial score (nSPS) is 14.5. The van der Waals surface area contributed by atoms with Crippen molar-refractivity contribution in [2.24, 2.45) is 5.92 Å². The molecule has 0 saturated carbocycles. The number of hydrogen-bond donors (Lipinski definition) is 2. The molecule has 0 bridgehead atoms. The second kappa shape index (κ2) is 8.25. The van der Waals surface area contributed by atoms with Crippen LogP contribution in [0.2, 0.25) is 0 Å². The van der Waals surface area contributed by atoms with Gasteiger partial charge in [-0.2, -0.15) is 0 Å². The molecule has 0 spiro atoms. The number of amides is 1. The van der Waals surface area contributed by atoms with Gasteiger partial charge in [-0.25, -0.2) is 9.59 Å². The molecule has 1 aliphatic carbocycles. The van der Waals surface area contributed by atoms with E-state index in [1.54, 1.807) is 6.92 Å². The molecule has 1 amide bonds. The monoisotopic (exact) mass is 381 g/mol. The first-order chi connectivity index (χ1) is 13.4. The van der Waals surface area contributed by atoms with E-state index in [0.717, 1.165) is 22.3 Å². The van der Waals surface area contributed by atoms with E-state index in [-0.39, 0.29) is 18.4 Å². The zero-order valence-electron chi connectivity index (χ0n) is 15.8. The van der Waals surface area contributed by atoms with E-state index >= 15 is 0 Å². The summed E-state index contributed by atoms with van der Waals surface area (Å²) >= 11 is 0. The minimum absolute atomic E-state index is 0.0152. The van der Waals surface area contributed by atoms with Gasteiger partial charge in [0.05, 0.1) is 0 Å². The maximum Gasteiger partial charge on any atom is 0.396 e. The Hall–Kier alpha value is -3.15. The van der Waals surface area contributed by atoms with Crippen LogP contribution in [0.1, 0.15) is 37.3 Å². The Kier molecular flexibility index (Phi) is 5.78. The summed E-state index contributed by atoms with van der Waals surface area (Å²) < 4.78 is 5.25. The lowest BCUT2D eigenvalue weighted by atomic mass is 9.98. The molecule has 2 aromatic rings. The summed E-state index contributed by atoms with van der Waals surface area (Å²) in [6, 6.07) is 14.6. The van der Waals surface area contributed by atoms with Crippen LogP contribution in [0, 0.1) is 5.92 Å². The van der Waals surface area contributed by atoms with Gasteiger partial charge in [0.15, 0.2) is 0 Å². The third-order valence-electron chi connectivity index (χ3n) is 5.29. The van der Waals surface area contributed by atoms with Crippen LogP contribution in [0.25, 0.3) is 11.1 Å². The standard InChI is InChI=1S/C22H23NO5/c1-3-13(2)19(21(25)26)23-20(24)22(27)28-12-18-16-10-6-4-8-14(16)15-9-5-7-11-17(15)18/h4-11,13,18-19H,3,12H2,1-2H3,(H,23,24)(H,25,26)/t13-,19-/m0/s1. The number of hydrogen-bond acceptors (Lipinski definition) is 4. The topological polar surface area (TPSA) is 92.7 Å². The maximum absolute atomic E-state index is 12.2. The van der Waals surface area contributed by atoms with Gasteiger partial charge in [0.2, 0.25) is 0 Å². The fourth-order valence-corrected chi connectivity index (χ4v) is 3.55. The Morgan fingerprint density at radius 3 is 2.07 bits per heavy atom. The molecule has 1 aliphatic rings. The number of esters is 1. The first kappa shape index (κ1) is 19.6. The Balaban J connectivity index is 1.69. The fraction of sp³-hybridized carbons (Fsp3) is 0.318. The predicted molar refractivity (Wildman–Crippen MR) is 104 cm³/mol. The van der Waals surface area contributed by atoms with Crippen LogP contribution in [0.4, 0.5) is 0 Å². The third kappa shape index (κ3) is 3.76. The van der Waals surface area contributed by atoms with Crippen molar-refractivity contribution >= 4 is 17.8 Å².